The zero-order valence-corrected chi connectivity index (χ0v) is 11.1. The summed E-state index contributed by atoms with van der Waals surface area (Å²) in [6.07, 6.45) is -5.08. The molecule has 0 bridgehead atoms. The second-order valence-electron chi connectivity index (χ2n) is 3.81. The molecule has 1 aromatic carbocycles. The lowest BCUT2D eigenvalue weighted by Crippen LogP contribution is -2.38. The Bertz CT molecular complexity index is 432. The van der Waals surface area contributed by atoms with Crippen LogP contribution in [0.15, 0.2) is 29.3 Å². The Morgan fingerprint density at radius 3 is 2.53 bits per heavy atom. The predicted octanol–water partition coefficient (Wildman–Crippen LogP) is 2.96. The fourth-order valence-corrected chi connectivity index (χ4v) is 1.57. The zero-order chi connectivity index (χ0) is 14.3. The molecule has 0 heterocycles. The molecule has 106 valence electrons. The molecule has 2 N–H and O–H groups in total. The summed E-state index contributed by atoms with van der Waals surface area (Å²) in [6.45, 7) is 0.178. The molecule has 1 rings (SSSR count). The third kappa shape index (κ3) is 6.33. The molecule has 0 fully saturated rings. The Kier molecular flexibility index (Phi) is 5.95. The summed E-state index contributed by atoms with van der Waals surface area (Å²) < 4.78 is 36.0. The van der Waals surface area contributed by atoms with Crippen LogP contribution in [-0.2, 0) is 6.54 Å². The van der Waals surface area contributed by atoms with Crippen molar-refractivity contribution in [3.63, 3.8) is 0 Å². The van der Waals surface area contributed by atoms with E-state index in [9.17, 15) is 13.2 Å². The molecule has 0 aliphatic rings. The van der Waals surface area contributed by atoms with Gasteiger partial charge in [-0.15, -0.1) is 0 Å². The highest BCUT2D eigenvalue weighted by molar-refractivity contribution is 6.31. The van der Waals surface area contributed by atoms with Crippen molar-refractivity contribution < 1.29 is 13.2 Å². The first-order valence-electron chi connectivity index (χ1n) is 5.67. The molecule has 3 nitrogen and oxygen atoms in total. The van der Waals surface area contributed by atoms with Crippen molar-refractivity contribution in [3.05, 3.63) is 34.9 Å². The summed E-state index contributed by atoms with van der Waals surface area (Å²) in [6, 6.07) is 7.22. The number of alkyl halides is 3. The van der Waals surface area contributed by atoms with E-state index in [4.69, 9.17) is 11.6 Å². The van der Waals surface area contributed by atoms with Gasteiger partial charge in [-0.05, 0) is 11.6 Å². The van der Waals surface area contributed by atoms with E-state index in [1.54, 1.807) is 6.07 Å². The summed E-state index contributed by atoms with van der Waals surface area (Å²) in [5.74, 6) is 0.309. The topological polar surface area (TPSA) is 36.4 Å². The molecular weight excluding hydrogens is 279 g/mol. The van der Waals surface area contributed by atoms with Crippen molar-refractivity contribution in [2.24, 2.45) is 4.99 Å². The lowest BCUT2D eigenvalue weighted by molar-refractivity contribution is -0.132. The van der Waals surface area contributed by atoms with Gasteiger partial charge < -0.3 is 10.6 Å². The fraction of sp³-hybridized carbons (Fsp3) is 0.417. The van der Waals surface area contributed by atoms with E-state index in [1.807, 2.05) is 18.2 Å². The van der Waals surface area contributed by atoms with Crippen molar-refractivity contribution in [2.75, 3.05) is 13.6 Å². The van der Waals surface area contributed by atoms with Crippen LogP contribution in [0.3, 0.4) is 0 Å². The Morgan fingerprint density at radius 2 is 1.95 bits per heavy atom. The Labute approximate surface area is 114 Å². The van der Waals surface area contributed by atoms with Gasteiger partial charge in [0.15, 0.2) is 5.96 Å². The van der Waals surface area contributed by atoms with E-state index >= 15 is 0 Å². The average molecular weight is 294 g/mol. The van der Waals surface area contributed by atoms with Crippen LogP contribution in [0.4, 0.5) is 13.2 Å². The number of hydrogen-bond donors (Lipinski definition) is 2. The molecule has 0 aliphatic heterocycles. The van der Waals surface area contributed by atoms with Crippen molar-refractivity contribution in [2.45, 2.75) is 19.1 Å². The van der Waals surface area contributed by atoms with Crippen LogP contribution in [0.1, 0.15) is 12.0 Å². The third-order valence-electron chi connectivity index (χ3n) is 2.33. The number of aliphatic imine (C=N–C) groups is 1. The van der Waals surface area contributed by atoms with Crippen molar-refractivity contribution >= 4 is 17.6 Å². The number of hydrogen-bond acceptors (Lipinski definition) is 1. The smallest absolute Gasteiger partial charge is 0.356 e. The first-order valence-corrected chi connectivity index (χ1v) is 6.05. The van der Waals surface area contributed by atoms with Crippen LogP contribution < -0.4 is 10.6 Å². The molecule has 0 radical (unpaired) electrons. The number of guanidine groups is 1. The average Bonchev–Trinajstić information content (AvgIpc) is 2.34. The van der Waals surface area contributed by atoms with Gasteiger partial charge in [0.1, 0.15) is 0 Å². The maximum absolute atomic E-state index is 12.0. The quantitative estimate of drug-likeness (QED) is 0.661. The highest BCUT2D eigenvalue weighted by Crippen LogP contribution is 2.18. The molecule has 1 aromatic rings. The molecule has 0 saturated heterocycles. The van der Waals surface area contributed by atoms with E-state index in [0.29, 0.717) is 17.5 Å². The van der Waals surface area contributed by atoms with Crippen molar-refractivity contribution in [1.29, 1.82) is 0 Å². The molecule has 0 atom stereocenters. The van der Waals surface area contributed by atoms with E-state index < -0.39 is 12.6 Å². The van der Waals surface area contributed by atoms with Gasteiger partial charge >= 0.3 is 6.18 Å². The van der Waals surface area contributed by atoms with Crippen LogP contribution >= 0.6 is 11.6 Å². The number of nitrogens with zero attached hydrogens (tertiary/aromatic N) is 1. The lowest BCUT2D eigenvalue weighted by Gasteiger charge is -2.13. The predicted molar refractivity (Wildman–Crippen MR) is 70.3 cm³/mol. The van der Waals surface area contributed by atoms with Gasteiger partial charge in [0.25, 0.3) is 0 Å². The van der Waals surface area contributed by atoms with Crippen LogP contribution in [0, 0.1) is 0 Å². The largest absolute Gasteiger partial charge is 0.390 e. The molecule has 0 amide bonds. The van der Waals surface area contributed by atoms with E-state index in [2.05, 4.69) is 15.6 Å². The maximum Gasteiger partial charge on any atom is 0.390 e. The molecule has 0 spiro atoms. The Morgan fingerprint density at radius 1 is 1.26 bits per heavy atom. The first-order chi connectivity index (χ1) is 8.92. The second-order valence-corrected chi connectivity index (χ2v) is 4.22. The minimum Gasteiger partial charge on any atom is -0.356 e. The number of benzene rings is 1. The second kappa shape index (κ2) is 7.23. The molecule has 7 heteroatoms. The minimum atomic E-state index is -4.17. The van der Waals surface area contributed by atoms with Crippen LogP contribution in [0.2, 0.25) is 5.02 Å². The molecule has 0 aliphatic carbocycles. The summed E-state index contributed by atoms with van der Waals surface area (Å²) >= 11 is 5.97. The van der Waals surface area contributed by atoms with Gasteiger partial charge in [-0.25, -0.2) is 0 Å². The highest BCUT2D eigenvalue weighted by atomic mass is 35.5. The summed E-state index contributed by atoms with van der Waals surface area (Å²) in [4.78, 5) is 3.84. The van der Waals surface area contributed by atoms with Crippen LogP contribution in [0.5, 0.6) is 0 Å². The van der Waals surface area contributed by atoms with Crippen LogP contribution in [-0.4, -0.2) is 25.7 Å². The lowest BCUT2D eigenvalue weighted by atomic mass is 10.2. The van der Waals surface area contributed by atoms with Gasteiger partial charge in [0.05, 0.1) is 6.42 Å². The third-order valence-corrected chi connectivity index (χ3v) is 2.70. The normalized spacial score (nSPS) is 12.4. The number of halogens is 4. The van der Waals surface area contributed by atoms with E-state index in [0.717, 1.165) is 5.56 Å². The van der Waals surface area contributed by atoms with Gasteiger partial charge in [0.2, 0.25) is 0 Å². The minimum absolute atomic E-state index is 0.217. The van der Waals surface area contributed by atoms with Gasteiger partial charge in [-0.1, -0.05) is 29.8 Å². The SMILES string of the molecule is CN=C(NCCC(F)(F)F)NCc1ccccc1Cl. The highest BCUT2D eigenvalue weighted by Gasteiger charge is 2.26. The molecule has 0 saturated carbocycles. The Balaban J connectivity index is 2.40. The molecule has 0 unspecified atom stereocenters. The van der Waals surface area contributed by atoms with Crippen molar-refractivity contribution in [1.82, 2.24) is 10.6 Å². The van der Waals surface area contributed by atoms with Crippen LogP contribution in [0.25, 0.3) is 0 Å². The monoisotopic (exact) mass is 293 g/mol. The standard InChI is InChI=1S/C12H15ClF3N3/c1-17-11(18-7-6-12(14,15)16)19-8-9-4-2-3-5-10(9)13/h2-5H,6-8H2,1H3,(H2,17,18,19). The van der Waals surface area contributed by atoms with E-state index in [-0.39, 0.29) is 6.54 Å². The molecule has 19 heavy (non-hydrogen) atoms. The fourth-order valence-electron chi connectivity index (χ4n) is 1.36. The summed E-state index contributed by atoms with van der Waals surface area (Å²) in [5, 5.41) is 6.09. The molecule has 0 aromatic heterocycles. The summed E-state index contributed by atoms with van der Waals surface area (Å²) in [7, 11) is 1.50. The van der Waals surface area contributed by atoms with Crippen molar-refractivity contribution in [3.8, 4) is 0 Å². The van der Waals surface area contributed by atoms with Gasteiger partial charge in [-0.2, -0.15) is 13.2 Å². The Hall–Kier alpha value is -1.43. The first kappa shape index (κ1) is 15.6. The summed E-state index contributed by atoms with van der Waals surface area (Å²) in [5.41, 5.74) is 0.850. The molecular formula is C12H15ClF3N3. The number of nitrogens with one attached hydrogen (secondary N) is 2. The van der Waals surface area contributed by atoms with Gasteiger partial charge in [-0.3, -0.25) is 4.99 Å². The van der Waals surface area contributed by atoms with E-state index in [1.165, 1.54) is 7.05 Å². The number of rotatable bonds is 4. The van der Waals surface area contributed by atoms with Gasteiger partial charge in [0, 0.05) is 25.2 Å². The zero-order valence-electron chi connectivity index (χ0n) is 10.4. The maximum atomic E-state index is 12.0.